The third-order valence-electron chi connectivity index (χ3n) is 9.86. The molecule has 0 bridgehead atoms. The van der Waals surface area contributed by atoms with Crippen molar-refractivity contribution in [2.24, 2.45) is 0 Å². The van der Waals surface area contributed by atoms with Crippen molar-refractivity contribution < 1.29 is 18.5 Å². The fourth-order valence-electron chi connectivity index (χ4n) is 6.82. The smallest absolute Gasteiger partial charge is 0.372 e. The number of rotatable bonds is 32. The van der Waals surface area contributed by atoms with E-state index in [1.54, 1.807) is 111 Å². The Hall–Kier alpha value is -1.34. The summed E-state index contributed by atoms with van der Waals surface area (Å²) in [5.74, 6) is 0.448. The van der Waals surface area contributed by atoms with Crippen LogP contribution in [-0.2, 0) is 4.57 Å². The maximum absolute atomic E-state index is 11.6. The van der Waals surface area contributed by atoms with Gasteiger partial charge in [0.2, 0.25) is 0 Å². The predicted octanol–water partition coefficient (Wildman–Crippen LogP) is 15.1. The van der Waals surface area contributed by atoms with Crippen LogP contribution < -0.4 is 13.9 Å². The largest absolute Gasteiger partial charge is 0.736 e. The van der Waals surface area contributed by atoms with Crippen LogP contribution in [0.15, 0.2) is 60.7 Å². The molecule has 0 aromatic heterocycles. The molecular formula is C44H78O4P2. The van der Waals surface area contributed by atoms with Gasteiger partial charge in [-0.15, -0.1) is 0 Å². The fraction of sp³-hybridized carbons (Fsp3) is 0.727. The first kappa shape index (κ1) is 46.7. The van der Waals surface area contributed by atoms with Crippen LogP contribution in [0.2, 0.25) is 0 Å². The average Bonchev–Trinajstić information content (AvgIpc) is 3.11. The second-order valence-corrected chi connectivity index (χ2v) is 20.3. The molecule has 0 radical (unpaired) electrons. The molecule has 50 heavy (non-hydrogen) atoms. The maximum atomic E-state index is 11.6. The third kappa shape index (κ3) is 26.4. The lowest BCUT2D eigenvalue weighted by Crippen LogP contribution is -2.13. The number of phosphoric ester groups is 1. The lowest BCUT2D eigenvalue weighted by Gasteiger charge is -2.28. The summed E-state index contributed by atoms with van der Waals surface area (Å²) in [6, 6.07) is 16.4. The van der Waals surface area contributed by atoms with Crippen molar-refractivity contribution in [1.29, 1.82) is 0 Å². The maximum Gasteiger partial charge on any atom is 0.372 e. The summed E-state index contributed by atoms with van der Waals surface area (Å²) < 4.78 is 21.1. The van der Waals surface area contributed by atoms with E-state index in [2.05, 4.69) is 27.7 Å². The van der Waals surface area contributed by atoms with E-state index >= 15 is 0 Å². The monoisotopic (exact) mass is 733 g/mol. The Balaban J connectivity index is 0.000000607. The van der Waals surface area contributed by atoms with Crippen molar-refractivity contribution in [2.45, 2.75) is 182 Å². The van der Waals surface area contributed by atoms with Crippen molar-refractivity contribution in [1.82, 2.24) is 0 Å². The molecule has 0 heterocycles. The number of para-hydroxylation sites is 2. The molecule has 6 heteroatoms. The molecule has 0 aliphatic heterocycles. The van der Waals surface area contributed by atoms with Gasteiger partial charge in [0.1, 0.15) is 11.5 Å². The Kier molecular flexibility index (Phi) is 30.2. The Morgan fingerprint density at radius 2 is 0.660 bits per heavy atom. The first-order valence-electron chi connectivity index (χ1n) is 21.1. The van der Waals surface area contributed by atoms with Gasteiger partial charge in [0.15, 0.2) is 0 Å². The summed E-state index contributed by atoms with van der Waals surface area (Å²) in [7, 11) is -5.08. The lowest BCUT2D eigenvalue weighted by molar-refractivity contribution is -0.208. The molecule has 2 aromatic rings. The van der Waals surface area contributed by atoms with Gasteiger partial charge in [-0.25, -0.2) is 4.57 Å². The van der Waals surface area contributed by atoms with Crippen LogP contribution in [0, 0.1) is 0 Å². The molecule has 0 atom stereocenters. The van der Waals surface area contributed by atoms with Gasteiger partial charge in [-0.3, -0.25) is 0 Å². The minimum Gasteiger partial charge on any atom is -0.736 e. The van der Waals surface area contributed by atoms with Gasteiger partial charge < -0.3 is 13.9 Å². The summed E-state index contributed by atoms with van der Waals surface area (Å²) in [4.78, 5) is 11.6. The minimum atomic E-state index is -4.39. The molecule has 4 nitrogen and oxygen atoms in total. The standard InChI is InChI=1S/C32H68P.C12H11O4P/c1-5-9-13-17-18-19-20-21-22-23-24-28-32-33(29-25-14-10-6-2,30-26-15-11-7-3)31-27-16-12-8-4;13-17(14,15-11-7-3-1-4-8-11)16-12-9-5-2-6-10-12/h5-32H2,1-4H3;1-10H,(H,13,14)/q+1;/p-1. The fourth-order valence-corrected chi connectivity index (χ4v) is 12.5. The van der Waals surface area contributed by atoms with Crippen LogP contribution in [0.3, 0.4) is 0 Å². The van der Waals surface area contributed by atoms with Crippen molar-refractivity contribution >= 4 is 15.1 Å². The van der Waals surface area contributed by atoms with Crippen molar-refractivity contribution in [3.63, 3.8) is 0 Å². The molecule has 0 spiro atoms. The van der Waals surface area contributed by atoms with Crippen LogP contribution in [0.4, 0.5) is 0 Å². The topological polar surface area (TPSA) is 58.6 Å². The molecular weight excluding hydrogens is 654 g/mol. The molecule has 2 rings (SSSR count). The highest BCUT2D eigenvalue weighted by atomic mass is 31.2. The summed E-state index contributed by atoms with van der Waals surface area (Å²) >= 11 is 0. The molecule has 0 amide bonds. The number of benzene rings is 2. The van der Waals surface area contributed by atoms with Gasteiger partial charge >= 0.3 is 7.82 Å². The lowest BCUT2D eigenvalue weighted by atomic mass is 10.1. The van der Waals surface area contributed by atoms with E-state index in [0.717, 1.165) is 0 Å². The third-order valence-corrected chi connectivity index (χ3v) is 15.8. The van der Waals surface area contributed by atoms with Crippen LogP contribution in [-0.4, -0.2) is 24.6 Å². The molecule has 288 valence electrons. The van der Waals surface area contributed by atoms with Crippen molar-refractivity contribution in [2.75, 3.05) is 24.6 Å². The van der Waals surface area contributed by atoms with E-state index in [-0.39, 0.29) is 11.5 Å². The number of unbranched alkanes of at least 4 members (excludes halogenated alkanes) is 20. The quantitative estimate of drug-likeness (QED) is 0.0555. The first-order valence-corrected chi connectivity index (χ1v) is 25.0. The highest BCUT2D eigenvalue weighted by Crippen LogP contribution is 2.61. The zero-order valence-electron chi connectivity index (χ0n) is 33.1. The molecule has 0 N–H and O–H groups in total. The predicted molar refractivity (Wildman–Crippen MR) is 222 cm³/mol. The SMILES string of the molecule is CCCCCCCCCCCCCC[P+](CCCCCC)(CCCCCC)CCCCCC.O=P([O-])(Oc1ccccc1)Oc1ccccc1. The van der Waals surface area contributed by atoms with Crippen LogP contribution in [0.1, 0.15) is 182 Å². The second-order valence-electron chi connectivity index (χ2n) is 14.6. The zero-order chi connectivity index (χ0) is 36.4. The van der Waals surface area contributed by atoms with E-state index in [4.69, 9.17) is 9.05 Å². The van der Waals surface area contributed by atoms with E-state index in [0.29, 0.717) is 0 Å². The summed E-state index contributed by atoms with van der Waals surface area (Å²) in [6.45, 7) is 9.41. The highest BCUT2D eigenvalue weighted by molar-refractivity contribution is 7.75. The number of hydrogen-bond donors (Lipinski definition) is 0. The Bertz CT molecular complexity index is 956. The summed E-state index contributed by atoms with van der Waals surface area (Å²) in [5.41, 5.74) is 0. The molecule has 0 aliphatic rings. The van der Waals surface area contributed by atoms with Crippen molar-refractivity contribution in [3.05, 3.63) is 60.7 Å². The normalized spacial score (nSPS) is 11.6. The molecule has 0 unspecified atom stereocenters. The van der Waals surface area contributed by atoms with Gasteiger partial charge in [0.05, 0.1) is 24.6 Å². The van der Waals surface area contributed by atoms with E-state index in [9.17, 15) is 9.46 Å². The number of hydrogen-bond acceptors (Lipinski definition) is 4. The second kappa shape index (κ2) is 32.3. The highest BCUT2D eigenvalue weighted by Gasteiger charge is 2.34. The zero-order valence-corrected chi connectivity index (χ0v) is 34.9. The van der Waals surface area contributed by atoms with Crippen LogP contribution in [0.5, 0.6) is 11.5 Å². The van der Waals surface area contributed by atoms with Gasteiger partial charge in [-0.2, -0.15) is 0 Å². The number of phosphoric acid groups is 1. The van der Waals surface area contributed by atoms with E-state index in [1.165, 1.54) is 128 Å². The average molecular weight is 733 g/mol. The van der Waals surface area contributed by atoms with Crippen LogP contribution >= 0.6 is 15.1 Å². The van der Waals surface area contributed by atoms with E-state index < -0.39 is 15.1 Å². The van der Waals surface area contributed by atoms with Crippen molar-refractivity contribution in [3.8, 4) is 11.5 Å². The Labute approximate surface area is 311 Å². The molecule has 0 fully saturated rings. The van der Waals surface area contributed by atoms with Gasteiger partial charge in [-0.05, 0) is 75.6 Å². The van der Waals surface area contributed by atoms with Crippen LogP contribution in [0.25, 0.3) is 0 Å². The first-order chi connectivity index (χ1) is 24.4. The summed E-state index contributed by atoms with van der Waals surface area (Å²) in [5, 5.41) is 0. The van der Waals surface area contributed by atoms with E-state index in [1.807, 2.05) is 0 Å². The summed E-state index contributed by atoms with van der Waals surface area (Å²) in [6.07, 6.45) is 42.1. The van der Waals surface area contributed by atoms with Gasteiger partial charge in [0.25, 0.3) is 0 Å². The van der Waals surface area contributed by atoms with Gasteiger partial charge in [-0.1, -0.05) is 167 Å². The minimum absolute atomic E-state index is 0.224. The molecule has 0 saturated carbocycles. The van der Waals surface area contributed by atoms with Gasteiger partial charge in [0, 0.05) is 7.26 Å². The Morgan fingerprint density at radius 1 is 0.420 bits per heavy atom. The Morgan fingerprint density at radius 3 is 0.940 bits per heavy atom. The molecule has 0 saturated heterocycles. The molecule has 0 aliphatic carbocycles. The molecule has 2 aromatic carbocycles.